The van der Waals surface area contributed by atoms with E-state index in [1.807, 2.05) is 26.0 Å². The zero-order chi connectivity index (χ0) is 22.1. The number of nitrogens with two attached hydrogens (primary N) is 1. The van der Waals surface area contributed by atoms with Gasteiger partial charge in [-0.2, -0.15) is 14.4 Å². The highest BCUT2D eigenvalue weighted by atomic mass is 19.1. The van der Waals surface area contributed by atoms with Gasteiger partial charge in [0.25, 0.3) is 0 Å². The highest BCUT2D eigenvalue weighted by molar-refractivity contribution is 5.82. The van der Waals surface area contributed by atoms with Crippen molar-refractivity contribution in [3.05, 3.63) is 40.7 Å². The molecule has 2 aromatic heterocycles. The number of anilines is 1. The van der Waals surface area contributed by atoms with Gasteiger partial charge in [-0.05, 0) is 17.2 Å². The van der Waals surface area contributed by atoms with Crippen molar-refractivity contribution >= 4 is 17.0 Å². The van der Waals surface area contributed by atoms with Crippen molar-refractivity contribution in [2.75, 3.05) is 18.9 Å². The van der Waals surface area contributed by atoms with Crippen molar-refractivity contribution in [1.82, 2.24) is 24.8 Å². The Hall–Kier alpha value is -3.22. The Bertz CT molecular complexity index is 1170. The zero-order valence-corrected chi connectivity index (χ0v) is 17.5. The van der Waals surface area contributed by atoms with E-state index >= 15 is 0 Å². The quantitative estimate of drug-likeness (QED) is 0.388. The van der Waals surface area contributed by atoms with E-state index in [1.165, 1.54) is 0 Å². The number of nitrogens with zero attached hydrogens (tertiary/aromatic N) is 4. The van der Waals surface area contributed by atoms with E-state index in [0.717, 1.165) is 23.3 Å². The minimum Gasteiger partial charge on any atom is -0.493 e. The van der Waals surface area contributed by atoms with E-state index in [1.54, 1.807) is 4.57 Å². The minimum absolute atomic E-state index is 0.0446. The molecule has 0 fully saturated rings. The number of benzene rings is 1. The van der Waals surface area contributed by atoms with Crippen LogP contribution in [0.3, 0.4) is 0 Å². The smallest absolute Gasteiger partial charge is 0.312 e. The number of aromatic nitrogens is 4. The minimum atomic E-state index is -0.938. The fourth-order valence-electron chi connectivity index (χ4n) is 3.74. The molecule has 1 atom stereocenters. The molecular weight excluding hydrogens is 399 g/mol. The first kappa shape index (κ1) is 21.0. The molecule has 162 valence electrons. The highest BCUT2D eigenvalue weighted by Crippen LogP contribution is 2.30. The van der Waals surface area contributed by atoms with Crippen LogP contribution in [-0.2, 0) is 19.4 Å². The van der Waals surface area contributed by atoms with Gasteiger partial charge in [-0.15, -0.1) is 6.42 Å². The average molecular weight is 424 g/mol. The number of hydrogen-bond acceptors (Lipinski definition) is 7. The van der Waals surface area contributed by atoms with Crippen molar-refractivity contribution in [2.45, 2.75) is 45.4 Å². The number of imidazole rings is 1. The van der Waals surface area contributed by atoms with Crippen LogP contribution < -0.4 is 15.8 Å². The summed E-state index contributed by atoms with van der Waals surface area (Å²) in [5, 5.41) is 13.7. The summed E-state index contributed by atoms with van der Waals surface area (Å²) in [6.07, 6.45) is 5.24. The van der Waals surface area contributed by atoms with Crippen LogP contribution in [0, 0.1) is 18.4 Å². The van der Waals surface area contributed by atoms with Crippen molar-refractivity contribution in [3.63, 3.8) is 0 Å². The summed E-state index contributed by atoms with van der Waals surface area (Å²) in [6.45, 7) is 5.15. The lowest BCUT2D eigenvalue weighted by atomic mass is 10.00. The second-order valence-corrected chi connectivity index (χ2v) is 7.94. The number of aliphatic hydroxyl groups is 1. The molecule has 0 radical (unpaired) electrons. The molecule has 4 N–H and O–H groups in total. The van der Waals surface area contributed by atoms with Crippen LogP contribution in [0.25, 0.3) is 11.2 Å². The van der Waals surface area contributed by atoms with Gasteiger partial charge < -0.3 is 25.5 Å². The van der Waals surface area contributed by atoms with E-state index in [0.29, 0.717) is 36.5 Å². The summed E-state index contributed by atoms with van der Waals surface area (Å²) < 4.78 is 21.2. The van der Waals surface area contributed by atoms with E-state index in [4.69, 9.17) is 16.9 Å². The van der Waals surface area contributed by atoms with Gasteiger partial charge in [0.15, 0.2) is 17.0 Å². The maximum absolute atomic E-state index is 13.9. The Balaban J connectivity index is 1.75. The Morgan fingerprint density at radius 1 is 1.35 bits per heavy atom. The second-order valence-electron chi connectivity index (χ2n) is 7.94. The molecule has 0 saturated carbocycles. The summed E-state index contributed by atoms with van der Waals surface area (Å²) in [4.78, 5) is 12.1. The first-order valence-electron chi connectivity index (χ1n) is 10.2. The topological polar surface area (TPSA) is 111 Å². The average Bonchev–Trinajstić information content (AvgIpc) is 3.31. The van der Waals surface area contributed by atoms with Crippen LogP contribution in [0.5, 0.6) is 5.75 Å². The first-order valence-corrected chi connectivity index (χ1v) is 10.2. The van der Waals surface area contributed by atoms with E-state index in [2.05, 4.69) is 26.2 Å². The highest BCUT2D eigenvalue weighted by Gasteiger charge is 2.22. The van der Waals surface area contributed by atoms with Crippen molar-refractivity contribution < 1.29 is 14.2 Å². The Labute approximate surface area is 179 Å². The lowest BCUT2D eigenvalue weighted by Crippen LogP contribution is -2.34. The summed E-state index contributed by atoms with van der Waals surface area (Å²) >= 11 is 0. The normalized spacial score (nSPS) is 13.9. The van der Waals surface area contributed by atoms with Gasteiger partial charge in [-0.3, -0.25) is 0 Å². The molecule has 3 aromatic rings. The molecule has 1 aliphatic heterocycles. The molecule has 0 aliphatic carbocycles. The maximum Gasteiger partial charge on any atom is 0.312 e. The number of halogens is 1. The third-order valence-corrected chi connectivity index (χ3v) is 5.25. The molecule has 4 rings (SSSR count). The van der Waals surface area contributed by atoms with Gasteiger partial charge >= 0.3 is 6.08 Å². The van der Waals surface area contributed by atoms with Crippen molar-refractivity contribution in [2.24, 2.45) is 0 Å². The van der Waals surface area contributed by atoms with E-state index in [9.17, 15) is 9.50 Å². The maximum atomic E-state index is 13.9. The summed E-state index contributed by atoms with van der Waals surface area (Å²) in [7, 11) is 0. The molecular formula is C22H25FN6O2. The monoisotopic (exact) mass is 424 g/mol. The molecule has 0 bridgehead atoms. The van der Waals surface area contributed by atoms with Crippen LogP contribution >= 0.6 is 0 Å². The second kappa shape index (κ2) is 8.49. The number of hydrogen-bond donors (Lipinski definition) is 3. The van der Waals surface area contributed by atoms with Crippen molar-refractivity contribution in [1.29, 1.82) is 0 Å². The largest absolute Gasteiger partial charge is 0.493 e. The zero-order valence-electron chi connectivity index (χ0n) is 17.5. The molecule has 31 heavy (non-hydrogen) atoms. The summed E-state index contributed by atoms with van der Waals surface area (Å²) in [5.41, 5.74) is 9.13. The standard InChI is InChI=1S/C22H25FN6O2/c1-4-13-8-17-14(5-6-31-17)7-15(13)9-18-26-19-20(24)27-22(23)28-21(19)29(18)11-16(30)10-25-12(2)3/h1,7-8,12,16,25,30H,5-6,9-11H2,2-3H3,(H2,24,27,28). The number of nitrogen functional groups attached to an aromatic ring is 1. The van der Waals surface area contributed by atoms with Crippen LogP contribution in [0.4, 0.5) is 10.2 Å². The number of aliphatic hydroxyl groups excluding tert-OH is 1. The third-order valence-electron chi connectivity index (χ3n) is 5.25. The van der Waals surface area contributed by atoms with Crippen LogP contribution in [-0.4, -0.2) is 49.9 Å². The molecule has 3 heterocycles. The fraction of sp³-hybridized carbons (Fsp3) is 0.409. The van der Waals surface area contributed by atoms with Crippen LogP contribution in [0.2, 0.25) is 0 Å². The fourth-order valence-corrected chi connectivity index (χ4v) is 3.74. The lowest BCUT2D eigenvalue weighted by molar-refractivity contribution is 0.149. The van der Waals surface area contributed by atoms with Gasteiger partial charge in [0.05, 0.1) is 19.3 Å². The molecule has 1 aromatic carbocycles. The Kier molecular flexibility index (Phi) is 5.76. The lowest BCUT2D eigenvalue weighted by Gasteiger charge is -2.17. The molecule has 1 aliphatic rings. The third kappa shape index (κ3) is 4.31. The predicted octanol–water partition coefficient (Wildman–Crippen LogP) is 1.41. The van der Waals surface area contributed by atoms with Crippen LogP contribution in [0.1, 0.15) is 36.4 Å². The molecule has 0 amide bonds. The Morgan fingerprint density at radius 2 is 2.16 bits per heavy atom. The van der Waals surface area contributed by atoms with Crippen molar-refractivity contribution in [3.8, 4) is 18.1 Å². The summed E-state index contributed by atoms with van der Waals surface area (Å²) in [5.74, 6) is 4.03. The number of ether oxygens (including phenoxy) is 1. The molecule has 0 spiro atoms. The Morgan fingerprint density at radius 3 is 2.90 bits per heavy atom. The molecule has 0 saturated heterocycles. The van der Waals surface area contributed by atoms with Gasteiger partial charge in [-0.25, -0.2) is 4.98 Å². The van der Waals surface area contributed by atoms with Gasteiger partial charge in [0.2, 0.25) is 0 Å². The first-order chi connectivity index (χ1) is 14.9. The number of nitrogens with one attached hydrogen (secondary N) is 1. The number of fused-ring (bicyclic) bond motifs is 2. The predicted molar refractivity (Wildman–Crippen MR) is 115 cm³/mol. The van der Waals surface area contributed by atoms with E-state index < -0.39 is 12.2 Å². The van der Waals surface area contributed by atoms with Gasteiger partial charge in [0, 0.05) is 31.0 Å². The van der Waals surface area contributed by atoms with E-state index in [-0.39, 0.29) is 24.1 Å². The van der Waals surface area contributed by atoms with Gasteiger partial charge in [-0.1, -0.05) is 25.8 Å². The SMILES string of the molecule is C#Cc1cc2c(cc1Cc1nc3c(N)nc(F)nc3n1CC(O)CNC(C)C)CCO2. The van der Waals surface area contributed by atoms with Gasteiger partial charge in [0.1, 0.15) is 11.6 Å². The summed E-state index contributed by atoms with van der Waals surface area (Å²) in [6, 6.07) is 4.10. The molecule has 1 unspecified atom stereocenters. The molecule has 9 heteroatoms. The molecule has 8 nitrogen and oxygen atoms in total. The van der Waals surface area contributed by atoms with Crippen LogP contribution in [0.15, 0.2) is 12.1 Å². The number of rotatable bonds is 7. The number of terminal acetylenes is 1.